The number of thiazole rings is 1. The van der Waals surface area contributed by atoms with E-state index in [1.54, 1.807) is 29.7 Å². The maximum atomic E-state index is 14.2. The zero-order chi connectivity index (χ0) is 23.2. The number of rotatable bonds is 6. The predicted octanol–water partition coefficient (Wildman–Crippen LogP) is 4.70. The topological polar surface area (TPSA) is 56.8 Å². The third-order valence-electron chi connectivity index (χ3n) is 6.43. The van der Waals surface area contributed by atoms with Crippen molar-refractivity contribution in [1.82, 2.24) is 14.8 Å². The first-order valence-corrected chi connectivity index (χ1v) is 12.6. The molecule has 1 saturated heterocycles. The lowest BCUT2D eigenvalue weighted by molar-refractivity contribution is -0.127. The summed E-state index contributed by atoms with van der Waals surface area (Å²) in [5.41, 5.74) is 0.735. The second kappa shape index (κ2) is 11.0. The quantitative estimate of drug-likeness (QED) is 0.574. The summed E-state index contributed by atoms with van der Waals surface area (Å²) in [7, 11) is 0. The molecule has 2 aromatic rings. The fourth-order valence-corrected chi connectivity index (χ4v) is 5.49. The first-order chi connectivity index (χ1) is 16.0. The van der Waals surface area contributed by atoms with Gasteiger partial charge in [0.15, 0.2) is 5.13 Å². The van der Waals surface area contributed by atoms with Gasteiger partial charge in [0.1, 0.15) is 5.82 Å². The summed E-state index contributed by atoms with van der Waals surface area (Å²) < 4.78 is 14.2. The van der Waals surface area contributed by atoms with Crippen LogP contribution in [0.15, 0.2) is 35.7 Å². The summed E-state index contributed by atoms with van der Waals surface area (Å²) in [5, 5.41) is 2.13. The van der Waals surface area contributed by atoms with E-state index in [2.05, 4.69) is 9.88 Å². The standard InChI is InChI=1S/C25H31FN4O2S/c1-19(31)30(23-10-6-5-9-22(23)26)25-27-21(18-33-25)11-12-24(32)29-15-13-28(14-16-29)17-20-7-3-2-4-8-20/h5-6,9-12,18,20H,2-4,7-8,13-17H2,1H3/b12-11+. The minimum Gasteiger partial charge on any atom is -0.337 e. The number of halogens is 1. The number of hydrogen-bond acceptors (Lipinski definition) is 5. The Kier molecular flexibility index (Phi) is 7.88. The molecule has 0 N–H and O–H groups in total. The molecule has 1 aromatic heterocycles. The van der Waals surface area contributed by atoms with E-state index in [-0.39, 0.29) is 17.5 Å². The summed E-state index contributed by atoms with van der Waals surface area (Å²) in [5.74, 6) is -0.0250. The van der Waals surface area contributed by atoms with Gasteiger partial charge in [0.05, 0.1) is 11.4 Å². The number of anilines is 2. The normalized spacial score (nSPS) is 18.1. The van der Waals surface area contributed by atoms with Crippen molar-refractivity contribution >= 4 is 40.0 Å². The number of para-hydroxylation sites is 1. The average molecular weight is 471 g/mol. The van der Waals surface area contributed by atoms with Gasteiger partial charge >= 0.3 is 0 Å². The maximum Gasteiger partial charge on any atom is 0.246 e. The van der Waals surface area contributed by atoms with E-state index in [0.717, 1.165) is 38.6 Å². The van der Waals surface area contributed by atoms with E-state index in [4.69, 9.17) is 0 Å². The number of aromatic nitrogens is 1. The predicted molar refractivity (Wildman–Crippen MR) is 130 cm³/mol. The highest BCUT2D eigenvalue weighted by Gasteiger charge is 2.23. The van der Waals surface area contributed by atoms with Crippen LogP contribution in [0.3, 0.4) is 0 Å². The molecule has 1 aliphatic heterocycles. The molecule has 0 spiro atoms. The minimum atomic E-state index is -0.488. The van der Waals surface area contributed by atoms with Crippen molar-refractivity contribution in [3.05, 3.63) is 47.2 Å². The summed E-state index contributed by atoms with van der Waals surface area (Å²) in [4.78, 5) is 34.9. The minimum absolute atomic E-state index is 0.0283. The molecule has 176 valence electrons. The van der Waals surface area contributed by atoms with Crippen molar-refractivity contribution in [2.24, 2.45) is 5.92 Å². The molecule has 2 amide bonds. The van der Waals surface area contributed by atoms with Gasteiger partial charge in [-0.25, -0.2) is 9.37 Å². The highest BCUT2D eigenvalue weighted by Crippen LogP contribution is 2.31. The molecule has 0 unspecified atom stereocenters. The lowest BCUT2D eigenvalue weighted by atomic mass is 9.89. The molecule has 1 aliphatic carbocycles. The Morgan fingerprint density at radius 3 is 2.58 bits per heavy atom. The number of benzene rings is 1. The third-order valence-corrected chi connectivity index (χ3v) is 7.28. The van der Waals surface area contributed by atoms with E-state index in [1.165, 1.54) is 67.4 Å². The largest absolute Gasteiger partial charge is 0.337 e. The summed E-state index contributed by atoms with van der Waals surface area (Å²) in [6.07, 6.45) is 9.98. The molecule has 33 heavy (non-hydrogen) atoms. The van der Waals surface area contributed by atoms with Crippen molar-refractivity contribution in [3.8, 4) is 0 Å². The number of nitrogens with zero attached hydrogens (tertiary/aromatic N) is 4. The van der Waals surface area contributed by atoms with E-state index in [9.17, 15) is 14.0 Å². The molecule has 0 atom stereocenters. The highest BCUT2D eigenvalue weighted by atomic mass is 32.1. The van der Waals surface area contributed by atoms with Crippen molar-refractivity contribution in [2.75, 3.05) is 37.6 Å². The van der Waals surface area contributed by atoms with Crippen LogP contribution in [0.4, 0.5) is 15.2 Å². The van der Waals surface area contributed by atoms with Crippen LogP contribution in [-0.4, -0.2) is 59.3 Å². The average Bonchev–Trinajstić information content (AvgIpc) is 3.28. The Hall–Kier alpha value is -2.58. The van der Waals surface area contributed by atoms with Crippen molar-refractivity contribution in [2.45, 2.75) is 39.0 Å². The second-order valence-electron chi connectivity index (χ2n) is 8.82. The van der Waals surface area contributed by atoms with E-state index in [0.29, 0.717) is 10.8 Å². The van der Waals surface area contributed by atoms with Gasteiger partial charge in [-0.3, -0.25) is 19.4 Å². The fourth-order valence-electron chi connectivity index (χ4n) is 4.64. The van der Waals surface area contributed by atoms with Crippen molar-refractivity contribution < 1.29 is 14.0 Å². The van der Waals surface area contributed by atoms with Crippen LogP contribution in [0.1, 0.15) is 44.7 Å². The molecule has 2 aliphatic rings. The molecule has 1 aromatic carbocycles. The monoisotopic (exact) mass is 470 g/mol. The zero-order valence-corrected chi connectivity index (χ0v) is 19.9. The summed E-state index contributed by atoms with van der Waals surface area (Å²) >= 11 is 1.24. The van der Waals surface area contributed by atoms with Crippen molar-refractivity contribution in [3.63, 3.8) is 0 Å². The molecular formula is C25H31FN4O2S. The van der Waals surface area contributed by atoms with Crippen molar-refractivity contribution in [1.29, 1.82) is 0 Å². The first kappa shape index (κ1) is 23.6. The number of carbonyl (C=O) groups is 2. The molecule has 8 heteroatoms. The molecule has 0 radical (unpaired) electrons. The molecule has 1 saturated carbocycles. The lowest BCUT2D eigenvalue weighted by Gasteiger charge is -2.36. The van der Waals surface area contributed by atoms with Gasteiger partial charge in [-0.2, -0.15) is 0 Å². The zero-order valence-electron chi connectivity index (χ0n) is 19.1. The second-order valence-corrected chi connectivity index (χ2v) is 9.66. The van der Waals surface area contributed by atoms with E-state index >= 15 is 0 Å². The Balaban J connectivity index is 1.33. The SMILES string of the molecule is CC(=O)N(c1nc(/C=C/C(=O)N2CCN(CC3CCCCC3)CC2)cs1)c1ccccc1F. The van der Waals surface area contributed by atoms with E-state index < -0.39 is 5.82 Å². The summed E-state index contributed by atoms with van der Waals surface area (Å²) in [6.45, 7) is 5.86. The first-order valence-electron chi connectivity index (χ1n) is 11.7. The molecule has 2 fully saturated rings. The number of hydrogen-bond donors (Lipinski definition) is 0. The molecule has 4 rings (SSSR count). The van der Waals surface area contributed by atoms with Crippen LogP contribution >= 0.6 is 11.3 Å². The summed E-state index contributed by atoms with van der Waals surface area (Å²) in [6, 6.07) is 6.11. The van der Waals surface area contributed by atoms with Gasteiger partial charge in [0.2, 0.25) is 11.8 Å². The third kappa shape index (κ3) is 6.06. The van der Waals surface area contributed by atoms with Crippen LogP contribution in [0.5, 0.6) is 0 Å². The van der Waals surface area contributed by atoms with Gasteiger partial charge in [-0.1, -0.05) is 31.4 Å². The van der Waals surface area contributed by atoms with Crippen LogP contribution in [0.25, 0.3) is 6.08 Å². The van der Waals surface area contributed by atoms with Gasteiger partial charge < -0.3 is 4.90 Å². The van der Waals surface area contributed by atoms with Crippen LogP contribution in [0, 0.1) is 11.7 Å². The van der Waals surface area contributed by atoms with Gasteiger partial charge in [-0.05, 0) is 37.0 Å². The smallest absolute Gasteiger partial charge is 0.246 e. The highest BCUT2D eigenvalue weighted by molar-refractivity contribution is 7.14. The number of piperazine rings is 1. The molecule has 2 heterocycles. The lowest BCUT2D eigenvalue weighted by Crippen LogP contribution is -2.49. The Labute approximate surface area is 198 Å². The maximum absolute atomic E-state index is 14.2. The molecular weight excluding hydrogens is 439 g/mol. The van der Waals surface area contributed by atoms with Gasteiger partial charge in [0, 0.05) is 51.1 Å². The Bertz CT molecular complexity index is 994. The van der Waals surface area contributed by atoms with E-state index in [1.807, 2.05) is 4.90 Å². The Morgan fingerprint density at radius 1 is 1.15 bits per heavy atom. The van der Waals surface area contributed by atoms with Crippen LogP contribution < -0.4 is 4.90 Å². The van der Waals surface area contributed by atoms with Gasteiger partial charge in [0.25, 0.3) is 0 Å². The van der Waals surface area contributed by atoms with Crippen LogP contribution in [0.2, 0.25) is 0 Å². The number of carbonyl (C=O) groups excluding carboxylic acids is 2. The Morgan fingerprint density at radius 2 is 1.88 bits per heavy atom. The molecule has 6 nitrogen and oxygen atoms in total. The van der Waals surface area contributed by atoms with Crippen LogP contribution in [-0.2, 0) is 9.59 Å². The fraction of sp³-hybridized carbons (Fsp3) is 0.480. The number of amides is 2. The van der Waals surface area contributed by atoms with Gasteiger partial charge in [-0.15, -0.1) is 11.3 Å². The molecule has 0 bridgehead atoms.